The lowest BCUT2D eigenvalue weighted by molar-refractivity contribution is 0.983. The SMILES string of the molecule is NCc1cc(CSc2ccc(Br)cn2)ccn1. The number of hydrogen-bond acceptors (Lipinski definition) is 4. The molecule has 2 N–H and O–H groups in total. The van der Waals surface area contributed by atoms with Gasteiger partial charge in [-0.25, -0.2) is 4.98 Å². The Balaban J connectivity index is 1.99. The number of hydrogen-bond donors (Lipinski definition) is 1. The monoisotopic (exact) mass is 309 g/mol. The van der Waals surface area contributed by atoms with Crippen LogP contribution in [0.1, 0.15) is 11.3 Å². The molecule has 2 heterocycles. The van der Waals surface area contributed by atoms with Gasteiger partial charge in [0.1, 0.15) is 0 Å². The molecule has 0 saturated carbocycles. The first-order valence-corrected chi connectivity index (χ1v) is 6.94. The standard InChI is InChI=1S/C12H12BrN3S/c13-10-1-2-12(16-7-10)17-8-9-3-4-15-11(5-9)6-14/h1-5,7H,6,8,14H2. The normalized spacial score (nSPS) is 10.5. The third-order valence-corrected chi connectivity index (χ3v) is 3.66. The summed E-state index contributed by atoms with van der Waals surface area (Å²) in [5.41, 5.74) is 7.70. The predicted octanol–water partition coefficient (Wildman–Crippen LogP) is 2.99. The first kappa shape index (κ1) is 12.5. The highest BCUT2D eigenvalue weighted by molar-refractivity contribution is 9.10. The average molecular weight is 310 g/mol. The summed E-state index contributed by atoms with van der Waals surface area (Å²) in [6.45, 7) is 0.481. The summed E-state index contributed by atoms with van der Waals surface area (Å²) >= 11 is 5.07. The van der Waals surface area contributed by atoms with Crippen molar-refractivity contribution in [2.45, 2.75) is 17.3 Å². The van der Waals surface area contributed by atoms with Crippen LogP contribution < -0.4 is 5.73 Å². The van der Waals surface area contributed by atoms with Gasteiger partial charge in [0.05, 0.1) is 10.7 Å². The van der Waals surface area contributed by atoms with E-state index in [1.54, 1.807) is 24.2 Å². The van der Waals surface area contributed by atoms with Crippen LogP contribution >= 0.6 is 27.7 Å². The molecule has 0 radical (unpaired) electrons. The summed E-state index contributed by atoms with van der Waals surface area (Å²) in [4.78, 5) is 8.48. The minimum atomic E-state index is 0.481. The van der Waals surface area contributed by atoms with Crippen molar-refractivity contribution in [3.8, 4) is 0 Å². The number of thioether (sulfide) groups is 1. The minimum Gasteiger partial charge on any atom is -0.325 e. The molecule has 0 unspecified atom stereocenters. The number of pyridine rings is 2. The van der Waals surface area contributed by atoms with Gasteiger partial charge in [-0.15, -0.1) is 11.8 Å². The van der Waals surface area contributed by atoms with E-state index in [2.05, 4.69) is 25.9 Å². The molecule has 0 saturated heterocycles. The highest BCUT2D eigenvalue weighted by Gasteiger charge is 1.99. The number of aromatic nitrogens is 2. The molecule has 0 amide bonds. The number of nitrogens with two attached hydrogens (primary N) is 1. The van der Waals surface area contributed by atoms with E-state index < -0.39 is 0 Å². The number of rotatable bonds is 4. The van der Waals surface area contributed by atoms with Gasteiger partial charge in [0, 0.05) is 29.2 Å². The van der Waals surface area contributed by atoms with E-state index in [1.807, 2.05) is 24.3 Å². The number of halogens is 1. The van der Waals surface area contributed by atoms with Crippen LogP contribution in [0.15, 0.2) is 46.2 Å². The maximum absolute atomic E-state index is 5.56. The molecule has 2 aromatic heterocycles. The largest absolute Gasteiger partial charge is 0.325 e. The van der Waals surface area contributed by atoms with Crippen LogP contribution in [0.4, 0.5) is 0 Å². The van der Waals surface area contributed by atoms with Crippen molar-refractivity contribution in [1.82, 2.24) is 9.97 Å². The summed E-state index contributed by atoms with van der Waals surface area (Å²) in [6, 6.07) is 8.03. The van der Waals surface area contributed by atoms with Crippen molar-refractivity contribution in [3.05, 3.63) is 52.4 Å². The zero-order chi connectivity index (χ0) is 12.1. The van der Waals surface area contributed by atoms with Crippen molar-refractivity contribution in [2.24, 2.45) is 5.73 Å². The second-order valence-electron chi connectivity index (χ2n) is 3.46. The molecule has 0 bridgehead atoms. The van der Waals surface area contributed by atoms with Crippen molar-refractivity contribution in [2.75, 3.05) is 0 Å². The van der Waals surface area contributed by atoms with Crippen LogP contribution in [0.3, 0.4) is 0 Å². The summed E-state index contributed by atoms with van der Waals surface area (Å²) in [6.07, 6.45) is 3.60. The molecule has 0 aliphatic heterocycles. The van der Waals surface area contributed by atoms with Gasteiger partial charge in [-0.3, -0.25) is 4.98 Å². The predicted molar refractivity (Wildman–Crippen MR) is 73.6 cm³/mol. The first-order valence-electron chi connectivity index (χ1n) is 5.16. The molecule has 0 spiro atoms. The van der Waals surface area contributed by atoms with E-state index in [9.17, 15) is 0 Å². The van der Waals surface area contributed by atoms with Crippen LogP contribution in [0.2, 0.25) is 0 Å². The van der Waals surface area contributed by atoms with Crippen LogP contribution in [0, 0.1) is 0 Å². The molecular weight excluding hydrogens is 298 g/mol. The zero-order valence-electron chi connectivity index (χ0n) is 9.14. The highest BCUT2D eigenvalue weighted by Crippen LogP contribution is 2.21. The smallest absolute Gasteiger partial charge is 0.0963 e. The molecule has 5 heteroatoms. The Kier molecular flexibility index (Phi) is 4.53. The fourth-order valence-electron chi connectivity index (χ4n) is 1.33. The molecule has 88 valence electrons. The van der Waals surface area contributed by atoms with Gasteiger partial charge in [-0.05, 0) is 45.8 Å². The van der Waals surface area contributed by atoms with Gasteiger partial charge in [0.2, 0.25) is 0 Å². The lowest BCUT2D eigenvalue weighted by Crippen LogP contribution is -1.99. The van der Waals surface area contributed by atoms with Gasteiger partial charge >= 0.3 is 0 Å². The van der Waals surface area contributed by atoms with Gasteiger partial charge in [0.25, 0.3) is 0 Å². The lowest BCUT2D eigenvalue weighted by atomic mass is 10.2. The maximum Gasteiger partial charge on any atom is 0.0963 e. The molecular formula is C12H12BrN3S. The van der Waals surface area contributed by atoms with Gasteiger partial charge in [-0.1, -0.05) is 0 Å². The minimum absolute atomic E-state index is 0.481. The quantitative estimate of drug-likeness (QED) is 0.882. The fraction of sp³-hybridized carbons (Fsp3) is 0.167. The van der Waals surface area contributed by atoms with Gasteiger partial charge < -0.3 is 5.73 Å². The fourth-order valence-corrected chi connectivity index (χ4v) is 2.35. The van der Waals surface area contributed by atoms with Crippen molar-refractivity contribution >= 4 is 27.7 Å². The molecule has 0 fully saturated rings. The van der Waals surface area contributed by atoms with Crippen LogP contribution in [0.25, 0.3) is 0 Å². The molecule has 17 heavy (non-hydrogen) atoms. The second kappa shape index (κ2) is 6.14. The molecule has 2 rings (SSSR count). The molecule has 0 atom stereocenters. The summed E-state index contributed by atoms with van der Waals surface area (Å²) < 4.78 is 0.996. The van der Waals surface area contributed by atoms with E-state index in [1.165, 1.54) is 5.56 Å². The summed E-state index contributed by atoms with van der Waals surface area (Å²) in [7, 11) is 0. The molecule has 2 aromatic rings. The molecule has 0 aromatic carbocycles. The molecule has 0 aliphatic carbocycles. The lowest BCUT2D eigenvalue weighted by Gasteiger charge is -2.03. The third kappa shape index (κ3) is 3.80. The molecule has 3 nitrogen and oxygen atoms in total. The summed E-state index contributed by atoms with van der Waals surface area (Å²) in [5, 5.41) is 1.01. The van der Waals surface area contributed by atoms with Crippen molar-refractivity contribution in [1.29, 1.82) is 0 Å². The van der Waals surface area contributed by atoms with E-state index in [0.717, 1.165) is 20.9 Å². The Labute approximate surface area is 113 Å². The van der Waals surface area contributed by atoms with Crippen LogP contribution in [-0.2, 0) is 12.3 Å². The van der Waals surface area contributed by atoms with Crippen LogP contribution in [-0.4, -0.2) is 9.97 Å². The van der Waals surface area contributed by atoms with Crippen molar-refractivity contribution < 1.29 is 0 Å². The van der Waals surface area contributed by atoms with Gasteiger partial charge in [-0.2, -0.15) is 0 Å². The van der Waals surface area contributed by atoms with E-state index in [0.29, 0.717) is 6.54 Å². The van der Waals surface area contributed by atoms with E-state index in [4.69, 9.17) is 5.73 Å². The van der Waals surface area contributed by atoms with Gasteiger partial charge in [0.15, 0.2) is 0 Å². The Morgan fingerprint density at radius 2 is 2.12 bits per heavy atom. The Bertz CT molecular complexity index is 487. The second-order valence-corrected chi connectivity index (χ2v) is 5.37. The Hall–Kier alpha value is -0.910. The van der Waals surface area contributed by atoms with E-state index >= 15 is 0 Å². The van der Waals surface area contributed by atoms with E-state index in [-0.39, 0.29) is 0 Å². The van der Waals surface area contributed by atoms with Crippen LogP contribution in [0.5, 0.6) is 0 Å². The Morgan fingerprint density at radius 1 is 1.24 bits per heavy atom. The summed E-state index contributed by atoms with van der Waals surface area (Å²) in [5.74, 6) is 0.879. The Morgan fingerprint density at radius 3 is 2.82 bits per heavy atom. The molecule has 0 aliphatic rings. The topological polar surface area (TPSA) is 51.8 Å². The highest BCUT2D eigenvalue weighted by atomic mass is 79.9. The number of nitrogens with zero attached hydrogens (tertiary/aromatic N) is 2. The first-order chi connectivity index (χ1) is 8.28. The van der Waals surface area contributed by atoms with Crippen molar-refractivity contribution in [3.63, 3.8) is 0 Å². The third-order valence-electron chi connectivity index (χ3n) is 2.18. The maximum atomic E-state index is 5.56. The average Bonchev–Trinajstić information content (AvgIpc) is 2.38. The zero-order valence-corrected chi connectivity index (χ0v) is 11.5.